The number of nitrogens with zero attached hydrogens (tertiary/aromatic N) is 1. The molecule has 6 nitrogen and oxygen atoms in total. The highest BCUT2D eigenvalue weighted by Gasteiger charge is 2.27. The van der Waals surface area contributed by atoms with E-state index in [2.05, 4.69) is 31.2 Å². The Balaban J connectivity index is 1.83. The van der Waals surface area contributed by atoms with Gasteiger partial charge < -0.3 is 20.8 Å². The number of H-pyrrole nitrogens is 1. The van der Waals surface area contributed by atoms with Gasteiger partial charge in [-0.2, -0.15) is 0 Å². The third kappa shape index (κ3) is 2.36. The summed E-state index contributed by atoms with van der Waals surface area (Å²) in [6.45, 7) is 0.930. The minimum atomic E-state index is -0.198. The van der Waals surface area contributed by atoms with Crippen LogP contribution in [0.3, 0.4) is 0 Å². The summed E-state index contributed by atoms with van der Waals surface area (Å²) in [5, 5.41) is 3.74. The Morgan fingerprint density at radius 3 is 3.11 bits per heavy atom. The van der Waals surface area contributed by atoms with Crippen molar-refractivity contribution in [1.29, 1.82) is 0 Å². The van der Waals surface area contributed by atoms with Gasteiger partial charge in [-0.05, 0) is 28.1 Å². The molecule has 0 aliphatic carbocycles. The highest BCUT2D eigenvalue weighted by atomic mass is 79.9. The second-order valence-electron chi connectivity index (χ2n) is 4.52. The molecule has 3 rings (SSSR count). The number of carbonyl (C=O) groups excluding carboxylic acids is 1. The van der Waals surface area contributed by atoms with Crippen LogP contribution in [0.2, 0.25) is 0 Å². The molecular weight excluding hydrogens is 312 g/mol. The number of hydrogen-bond acceptors (Lipinski definition) is 4. The lowest BCUT2D eigenvalue weighted by Gasteiger charge is -2.14. The first-order chi connectivity index (χ1) is 9.15. The smallest absolute Gasteiger partial charge is 0.268 e. The van der Waals surface area contributed by atoms with E-state index >= 15 is 0 Å². The largest absolute Gasteiger partial charge is 0.378 e. The number of fused-ring (bicyclic) bond motifs is 1. The number of rotatable bonds is 2. The lowest BCUT2D eigenvalue weighted by Crippen LogP contribution is -2.46. The van der Waals surface area contributed by atoms with E-state index in [1.807, 2.05) is 6.07 Å². The fraction of sp³-hybridized carbons (Fsp3) is 0.333. The maximum Gasteiger partial charge on any atom is 0.268 e. The number of halogens is 1. The number of pyridine rings is 1. The van der Waals surface area contributed by atoms with E-state index < -0.39 is 0 Å². The Labute approximate surface area is 117 Å². The van der Waals surface area contributed by atoms with Gasteiger partial charge in [-0.1, -0.05) is 0 Å². The zero-order valence-electron chi connectivity index (χ0n) is 10.0. The molecule has 1 fully saturated rings. The van der Waals surface area contributed by atoms with Gasteiger partial charge in [0.1, 0.15) is 11.3 Å². The van der Waals surface area contributed by atoms with Crippen LogP contribution in [0.25, 0.3) is 11.0 Å². The fourth-order valence-corrected chi connectivity index (χ4v) is 2.50. The molecule has 0 aromatic carbocycles. The van der Waals surface area contributed by atoms with Crippen molar-refractivity contribution >= 4 is 32.9 Å². The molecule has 1 saturated heterocycles. The SMILES string of the molecule is N[C@H]1COCC1NC(=O)c1cc2c(Br)ccnc2[nH]1. The van der Waals surface area contributed by atoms with E-state index in [0.717, 1.165) is 9.86 Å². The van der Waals surface area contributed by atoms with Crippen LogP contribution in [0.15, 0.2) is 22.8 Å². The molecule has 19 heavy (non-hydrogen) atoms. The molecule has 2 aromatic heterocycles. The summed E-state index contributed by atoms with van der Waals surface area (Å²) >= 11 is 3.43. The number of ether oxygens (including phenoxy) is 1. The normalized spacial score (nSPS) is 22.8. The molecule has 0 radical (unpaired) electrons. The fourth-order valence-electron chi connectivity index (χ4n) is 2.08. The maximum atomic E-state index is 12.1. The van der Waals surface area contributed by atoms with E-state index in [-0.39, 0.29) is 18.0 Å². The van der Waals surface area contributed by atoms with Crippen LogP contribution in [0.1, 0.15) is 10.5 Å². The number of nitrogens with one attached hydrogen (secondary N) is 2. The second-order valence-corrected chi connectivity index (χ2v) is 5.37. The topological polar surface area (TPSA) is 93.0 Å². The number of aromatic amines is 1. The molecule has 1 aliphatic rings. The van der Waals surface area contributed by atoms with Crippen LogP contribution >= 0.6 is 15.9 Å². The third-order valence-electron chi connectivity index (χ3n) is 3.16. The minimum Gasteiger partial charge on any atom is -0.378 e. The molecule has 1 amide bonds. The predicted octanol–water partition coefficient (Wildman–Crippen LogP) is 0.781. The first kappa shape index (κ1) is 12.6. The van der Waals surface area contributed by atoms with Gasteiger partial charge in [0.2, 0.25) is 0 Å². The van der Waals surface area contributed by atoms with Gasteiger partial charge in [0.05, 0.1) is 25.3 Å². The standard InChI is InChI=1S/C12H13BrN4O2/c13-7-1-2-15-11-6(7)3-9(16-11)12(18)17-10-5-19-4-8(10)14/h1-3,8,10H,4-5,14H2,(H,15,16)(H,17,18)/t8-,10?/m0/s1. The number of aromatic nitrogens is 2. The average molecular weight is 325 g/mol. The predicted molar refractivity (Wildman–Crippen MR) is 73.8 cm³/mol. The Bertz CT molecular complexity index is 627. The molecule has 4 N–H and O–H groups in total. The highest BCUT2D eigenvalue weighted by molar-refractivity contribution is 9.10. The quantitative estimate of drug-likeness (QED) is 0.761. The molecule has 3 heterocycles. The van der Waals surface area contributed by atoms with Crippen LogP contribution in [-0.4, -0.2) is 41.2 Å². The van der Waals surface area contributed by atoms with E-state index in [0.29, 0.717) is 24.6 Å². The molecule has 1 unspecified atom stereocenters. The lowest BCUT2D eigenvalue weighted by atomic mass is 10.2. The molecule has 100 valence electrons. The van der Waals surface area contributed by atoms with E-state index in [9.17, 15) is 4.79 Å². The van der Waals surface area contributed by atoms with Crippen molar-refractivity contribution in [2.75, 3.05) is 13.2 Å². The lowest BCUT2D eigenvalue weighted by molar-refractivity contribution is 0.0924. The van der Waals surface area contributed by atoms with Crippen molar-refractivity contribution < 1.29 is 9.53 Å². The van der Waals surface area contributed by atoms with Crippen LogP contribution in [0.5, 0.6) is 0 Å². The summed E-state index contributed by atoms with van der Waals surface area (Å²) < 4.78 is 6.11. The molecule has 2 atom stereocenters. The summed E-state index contributed by atoms with van der Waals surface area (Å²) in [6.07, 6.45) is 1.67. The molecule has 7 heteroatoms. The van der Waals surface area contributed by atoms with Gasteiger partial charge in [0, 0.05) is 16.1 Å². The first-order valence-electron chi connectivity index (χ1n) is 5.92. The molecule has 0 saturated carbocycles. The van der Waals surface area contributed by atoms with Crippen molar-refractivity contribution in [3.63, 3.8) is 0 Å². The van der Waals surface area contributed by atoms with Crippen LogP contribution in [0, 0.1) is 0 Å². The molecular formula is C12H13BrN4O2. The van der Waals surface area contributed by atoms with Gasteiger partial charge in [0.15, 0.2) is 0 Å². The van der Waals surface area contributed by atoms with Gasteiger partial charge >= 0.3 is 0 Å². The van der Waals surface area contributed by atoms with Crippen LogP contribution < -0.4 is 11.1 Å². The summed E-state index contributed by atoms with van der Waals surface area (Å²) in [7, 11) is 0. The summed E-state index contributed by atoms with van der Waals surface area (Å²) in [5.41, 5.74) is 6.97. The second kappa shape index (κ2) is 4.92. The van der Waals surface area contributed by atoms with E-state index in [1.165, 1.54) is 0 Å². The van der Waals surface area contributed by atoms with Crippen molar-refractivity contribution in [2.45, 2.75) is 12.1 Å². The number of amides is 1. The highest BCUT2D eigenvalue weighted by Crippen LogP contribution is 2.22. The molecule has 0 spiro atoms. The Hall–Kier alpha value is -1.44. The van der Waals surface area contributed by atoms with Crippen LogP contribution in [-0.2, 0) is 4.74 Å². The average Bonchev–Trinajstić information content (AvgIpc) is 2.97. The summed E-state index contributed by atoms with van der Waals surface area (Å²) in [5.74, 6) is -0.198. The van der Waals surface area contributed by atoms with E-state index in [1.54, 1.807) is 12.3 Å². The Morgan fingerprint density at radius 2 is 2.42 bits per heavy atom. The molecule has 0 bridgehead atoms. The van der Waals surface area contributed by atoms with Gasteiger partial charge in [0.25, 0.3) is 5.91 Å². The maximum absolute atomic E-state index is 12.1. The molecule has 2 aromatic rings. The van der Waals surface area contributed by atoms with Crippen molar-refractivity contribution in [2.24, 2.45) is 5.73 Å². The summed E-state index contributed by atoms with van der Waals surface area (Å²) in [4.78, 5) is 19.3. The van der Waals surface area contributed by atoms with Crippen molar-refractivity contribution in [1.82, 2.24) is 15.3 Å². The Kier molecular flexibility index (Phi) is 3.26. The van der Waals surface area contributed by atoms with E-state index in [4.69, 9.17) is 10.5 Å². The number of nitrogens with two attached hydrogens (primary N) is 1. The zero-order chi connectivity index (χ0) is 13.4. The van der Waals surface area contributed by atoms with Gasteiger partial charge in [-0.3, -0.25) is 4.79 Å². The van der Waals surface area contributed by atoms with Gasteiger partial charge in [-0.15, -0.1) is 0 Å². The summed E-state index contributed by atoms with van der Waals surface area (Å²) in [6, 6.07) is 3.30. The Morgan fingerprint density at radius 1 is 1.58 bits per heavy atom. The van der Waals surface area contributed by atoms with Gasteiger partial charge in [-0.25, -0.2) is 4.98 Å². The third-order valence-corrected chi connectivity index (χ3v) is 3.86. The first-order valence-corrected chi connectivity index (χ1v) is 6.72. The number of hydrogen-bond donors (Lipinski definition) is 3. The zero-order valence-corrected chi connectivity index (χ0v) is 11.6. The van der Waals surface area contributed by atoms with Crippen molar-refractivity contribution in [3.8, 4) is 0 Å². The monoisotopic (exact) mass is 324 g/mol. The molecule has 1 aliphatic heterocycles. The van der Waals surface area contributed by atoms with Crippen LogP contribution in [0.4, 0.5) is 0 Å². The number of carbonyl (C=O) groups is 1. The van der Waals surface area contributed by atoms with Crippen molar-refractivity contribution in [3.05, 3.63) is 28.5 Å². The minimum absolute atomic E-state index is 0.143.